The minimum Gasteiger partial charge on any atom is -0.492 e. The Morgan fingerprint density at radius 3 is 3.03 bits per heavy atom. The minimum atomic E-state index is -0.990. The van der Waals surface area contributed by atoms with Gasteiger partial charge in [0.1, 0.15) is 29.4 Å². The van der Waals surface area contributed by atoms with E-state index in [0.717, 1.165) is 5.39 Å². The van der Waals surface area contributed by atoms with Crippen molar-refractivity contribution in [3.05, 3.63) is 92.4 Å². The number of H-pyrrole nitrogens is 1. The molecule has 0 spiro atoms. The first kappa shape index (κ1) is 25.3. The zero-order chi connectivity index (χ0) is 27.1. The van der Waals surface area contributed by atoms with Crippen LogP contribution in [0.4, 0.5) is 10.1 Å². The maximum Gasteiger partial charge on any atom is 0.329 e. The number of hydrogen-bond donors (Lipinski definition) is 2. The molecule has 2 unspecified atom stereocenters. The zero-order valence-corrected chi connectivity index (χ0v) is 21.8. The van der Waals surface area contributed by atoms with Gasteiger partial charge in [0, 0.05) is 65.2 Å². The molecule has 0 bridgehead atoms. The Labute approximate surface area is 227 Å². The molecule has 0 saturated heterocycles. The summed E-state index contributed by atoms with van der Waals surface area (Å²) in [4.78, 5) is 40.0. The Balaban J connectivity index is 1.54. The van der Waals surface area contributed by atoms with Crippen molar-refractivity contribution < 1.29 is 18.7 Å². The molecule has 6 rings (SSSR count). The van der Waals surface area contributed by atoms with E-state index >= 15 is 4.39 Å². The molecule has 2 aliphatic heterocycles. The van der Waals surface area contributed by atoms with Gasteiger partial charge in [0.15, 0.2) is 5.65 Å². The van der Waals surface area contributed by atoms with Gasteiger partial charge in [0.25, 0.3) is 5.56 Å². The number of likely N-dealkylation sites (N-methyl/N-ethyl adjacent to an activating group) is 1. The summed E-state index contributed by atoms with van der Waals surface area (Å²) in [6.07, 6.45) is 3.56. The van der Waals surface area contributed by atoms with Crippen molar-refractivity contribution in [3.63, 3.8) is 0 Å². The van der Waals surface area contributed by atoms with Crippen LogP contribution < -0.4 is 20.5 Å². The second kappa shape index (κ2) is 10.3. The number of hydrogen-bond acceptors (Lipinski definition) is 8. The highest BCUT2D eigenvalue weighted by atomic mass is 35.5. The molecule has 3 aromatic heterocycles. The number of benzene rings is 1. The molecule has 4 aromatic rings. The van der Waals surface area contributed by atoms with Crippen LogP contribution in [0.2, 0.25) is 5.15 Å². The van der Waals surface area contributed by atoms with E-state index in [4.69, 9.17) is 21.1 Å². The van der Waals surface area contributed by atoms with Gasteiger partial charge in [0.05, 0.1) is 12.5 Å². The monoisotopic (exact) mass is 549 g/mol. The largest absolute Gasteiger partial charge is 0.492 e. The first-order chi connectivity index (χ1) is 19.0. The fourth-order valence-electron chi connectivity index (χ4n) is 5.46. The van der Waals surface area contributed by atoms with Crippen molar-refractivity contribution in [2.45, 2.75) is 24.9 Å². The summed E-state index contributed by atoms with van der Waals surface area (Å²) in [6.45, 7) is 0.990. The van der Waals surface area contributed by atoms with Crippen LogP contribution in [0.5, 0.6) is 5.75 Å². The second-order valence-corrected chi connectivity index (χ2v) is 9.82. The smallest absolute Gasteiger partial charge is 0.329 e. The second-order valence-electron chi connectivity index (χ2n) is 9.46. The summed E-state index contributed by atoms with van der Waals surface area (Å²) in [5.74, 6) is -1.37. The number of aromatic amines is 1. The topological polar surface area (TPSA) is 109 Å². The van der Waals surface area contributed by atoms with E-state index in [0.29, 0.717) is 58.9 Å². The van der Waals surface area contributed by atoms with Crippen LogP contribution in [0.1, 0.15) is 28.2 Å². The van der Waals surface area contributed by atoms with E-state index in [9.17, 15) is 9.59 Å². The third kappa shape index (κ3) is 4.39. The number of halogens is 2. The molecule has 0 amide bonds. The van der Waals surface area contributed by atoms with Crippen LogP contribution in [0, 0.1) is 5.82 Å². The number of ether oxygens (including phenoxy) is 2. The van der Waals surface area contributed by atoms with Crippen molar-refractivity contribution in [1.82, 2.24) is 20.3 Å². The van der Waals surface area contributed by atoms with Crippen LogP contribution in [-0.2, 0) is 22.5 Å². The molecule has 1 aromatic carbocycles. The van der Waals surface area contributed by atoms with E-state index in [2.05, 4.69) is 20.3 Å². The highest BCUT2D eigenvalue weighted by Gasteiger charge is 2.49. The first-order valence-corrected chi connectivity index (χ1v) is 13.0. The lowest BCUT2D eigenvalue weighted by Crippen LogP contribution is -2.43. The predicted octanol–water partition coefficient (Wildman–Crippen LogP) is 3.33. The summed E-state index contributed by atoms with van der Waals surface area (Å²) in [7, 11) is 1.75. The third-order valence-corrected chi connectivity index (χ3v) is 7.52. The van der Waals surface area contributed by atoms with Crippen LogP contribution >= 0.6 is 11.6 Å². The highest BCUT2D eigenvalue weighted by molar-refractivity contribution is 6.30. The van der Waals surface area contributed by atoms with E-state index in [-0.39, 0.29) is 23.9 Å². The maximum atomic E-state index is 15.4. The Morgan fingerprint density at radius 2 is 2.21 bits per heavy atom. The Bertz CT molecular complexity index is 1640. The van der Waals surface area contributed by atoms with Crippen molar-refractivity contribution in [3.8, 4) is 5.75 Å². The van der Waals surface area contributed by atoms with Gasteiger partial charge < -0.3 is 24.7 Å². The summed E-state index contributed by atoms with van der Waals surface area (Å²) < 4.78 is 27.0. The van der Waals surface area contributed by atoms with Gasteiger partial charge in [-0.25, -0.2) is 19.2 Å². The fourth-order valence-corrected chi connectivity index (χ4v) is 5.66. The van der Waals surface area contributed by atoms with Crippen LogP contribution in [-0.4, -0.2) is 53.8 Å². The maximum absolute atomic E-state index is 15.4. The van der Waals surface area contributed by atoms with Crippen LogP contribution in [0.25, 0.3) is 11.0 Å². The number of aromatic nitrogens is 3. The van der Waals surface area contributed by atoms with Crippen molar-refractivity contribution in [1.29, 1.82) is 0 Å². The van der Waals surface area contributed by atoms with Gasteiger partial charge in [-0.1, -0.05) is 17.7 Å². The fraction of sp³-hybridized carbons (Fsp3) is 0.286. The summed E-state index contributed by atoms with van der Waals surface area (Å²) in [5, 5.41) is 3.93. The predicted molar refractivity (Wildman–Crippen MR) is 144 cm³/mol. The number of pyridine rings is 3. The van der Waals surface area contributed by atoms with Gasteiger partial charge in [0.2, 0.25) is 0 Å². The normalized spacial score (nSPS) is 17.7. The number of esters is 1. The lowest BCUT2D eigenvalue weighted by atomic mass is 9.86. The van der Waals surface area contributed by atoms with E-state index in [1.54, 1.807) is 36.3 Å². The van der Waals surface area contributed by atoms with Crippen LogP contribution in [0.15, 0.2) is 53.6 Å². The molecule has 2 N–H and O–H groups in total. The lowest BCUT2D eigenvalue weighted by molar-refractivity contribution is -0.145. The van der Waals surface area contributed by atoms with Crippen molar-refractivity contribution in [2.24, 2.45) is 0 Å². The van der Waals surface area contributed by atoms with Gasteiger partial charge in [-0.15, -0.1) is 0 Å². The molecule has 0 saturated carbocycles. The number of nitrogens with one attached hydrogen (secondary N) is 2. The molecular weight excluding hydrogens is 525 g/mol. The summed E-state index contributed by atoms with van der Waals surface area (Å²) >= 11 is 6.59. The average Bonchev–Trinajstić information content (AvgIpc) is 3.53. The van der Waals surface area contributed by atoms with Gasteiger partial charge in [-0.3, -0.25) is 4.79 Å². The number of carbonyl (C=O) groups is 1. The Kier molecular flexibility index (Phi) is 6.66. The molecule has 0 aliphatic carbocycles. The van der Waals surface area contributed by atoms with E-state index in [1.165, 1.54) is 12.3 Å². The number of nitrogens with zero attached hydrogens (tertiary/aromatic N) is 3. The van der Waals surface area contributed by atoms with E-state index < -0.39 is 23.7 Å². The Morgan fingerprint density at radius 1 is 1.33 bits per heavy atom. The quantitative estimate of drug-likeness (QED) is 0.205. The molecule has 11 heteroatoms. The molecule has 9 nitrogen and oxygen atoms in total. The molecule has 200 valence electrons. The molecule has 0 radical (unpaired) electrons. The Hall–Kier alpha value is -4.02. The molecule has 0 fully saturated rings. The third-order valence-electron chi connectivity index (χ3n) is 7.19. The van der Waals surface area contributed by atoms with E-state index in [1.807, 2.05) is 12.1 Å². The zero-order valence-electron chi connectivity index (χ0n) is 21.0. The highest BCUT2D eigenvalue weighted by Crippen LogP contribution is 2.52. The lowest BCUT2D eigenvalue weighted by Gasteiger charge is -2.29. The summed E-state index contributed by atoms with van der Waals surface area (Å²) in [5.41, 5.74) is 2.57. The molecule has 5 heterocycles. The van der Waals surface area contributed by atoms with Crippen molar-refractivity contribution in [2.75, 3.05) is 31.7 Å². The first-order valence-electron chi connectivity index (χ1n) is 12.6. The number of carbonyl (C=O) groups excluding carboxylic acids is 1. The SMILES string of the molecule is CNCCOC(=O)C1C(c2ccc[nH]c2=O)c2c(cc(F)c3c2OCC3)N1Cc1cc2cccnc2nc1Cl. The van der Waals surface area contributed by atoms with Gasteiger partial charge in [-0.05, 0) is 37.4 Å². The molecule has 2 aliphatic rings. The van der Waals surface area contributed by atoms with Crippen molar-refractivity contribution >= 4 is 34.3 Å². The number of anilines is 1. The van der Waals surface area contributed by atoms with Gasteiger partial charge in [-0.2, -0.15) is 0 Å². The van der Waals surface area contributed by atoms with Crippen LogP contribution in [0.3, 0.4) is 0 Å². The van der Waals surface area contributed by atoms with Gasteiger partial charge >= 0.3 is 5.97 Å². The summed E-state index contributed by atoms with van der Waals surface area (Å²) in [6, 6.07) is 9.30. The molecule has 39 heavy (non-hydrogen) atoms. The molecular formula is C28H25ClFN5O4. The molecule has 2 atom stereocenters. The average molecular weight is 550 g/mol. The standard InChI is InChI=1S/C28H25ClFN5O4/c1-31-9-11-39-28(37)23-21(18-5-3-8-33-27(18)36)22-20(13-19(30)17-6-10-38-24(17)22)35(23)14-16-12-15-4-2-7-32-26(15)34-25(16)29/h2-5,7-8,12-13,21,23,31H,6,9-11,14H2,1H3,(H,33,36). The number of fused-ring (bicyclic) bond motifs is 4. The number of rotatable bonds is 7. The minimum absolute atomic E-state index is 0.106.